The first-order valence-electron chi connectivity index (χ1n) is 10.8. The summed E-state index contributed by atoms with van der Waals surface area (Å²) < 4.78 is 11.4. The summed E-state index contributed by atoms with van der Waals surface area (Å²) in [5.74, 6) is 0.559. The number of hydrogen-bond acceptors (Lipinski definition) is 5. The summed E-state index contributed by atoms with van der Waals surface area (Å²) >= 11 is 0. The standard InChI is InChI=1S/C24H31N3O3/c1-18-15-20(8-9-23(18)27-12-10-26(2)11-13-27)25-24(28)19-5-3-6-21(16-19)30-17-22-7-4-14-29-22/h3,5-6,8-9,15-16,22H,4,7,10-14,17H2,1-2H3,(H,25,28)/t22-/m1/s1. The topological polar surface area (TPSA) is 54.0 Å². The monoisotopic (exact) mass is 409 g/mol. The predicted molar refractivity (Wildman–Crippen MR) is 120 cm³/mol. The second-order valence-corrected chi connectivity index (χ2v) is 8.22. The van der Waals surface area contributed by atoms with E-state index in [1.54, 1.807) is 12.1 Å². The Morgan fingerprint density at radius 3 is 2.73 bits per heavy atom. The van der Waals surface area contributed by atoms with Gasteiger partial charge in [-0.1, -0.05) is 6.07 Å². The van der Waals surface area contributed by atoms with Crippen LogP contribution in [0.5, 0.6) is 5.75 Å². The van der Waals surface area contributed by atoms with Gasteiger partial charge in [0.05, 0.1) is 6.10 Å². The zero-order chi connectivity index (χ0) is 20.9. The maximum absolute atomic E-state index is 12.8. The number of nitrogens with one attached hydrogen (secondary N) is 1. The van der Waals surface area contributed by atoms with E-state index >= 15 is 0 Å². The highest BCUT2D eigenvalue weighted by molar-refractivity contribution is 6.04. The summed E-state index contributed by atoms with van der Waals surface area (Å²) in [5, 5.41) is 3.01. The molecular formula is C24H31N3O3. The van der Waals surface area contributed by atoms with Gasteiger partial charge >= 0.3 is 0 Å². The summed E-state index contributed by atoms with van der Waals surface area (Å²) in [6.45, 7) is 7.64. The molecule has 2 aromatic carbocycles. The average molecular weight is 410 g/mol. The average Bonchev–Trinajstić information content (AvgIpc) is 3.27. The molecule has 160 valence electrons. The quantitative estimate of drug-likeness (QED) is 0.791. The van der Waals surface area contributed by atoms with Crippen molar-refractivity contribution in [3.05, 3.63) is 53.6 Å². The fraction of sp³-hybridized carbons (Fsp3) is 0.458. The Kier molecular flexibility index (Phi) is 6.55. The van der Waals surface area contributed by atoms with Crippen molar-refractivity contribution in [3.63, 3.8) is 0 Å². The first kappa shape index (κ1) is 20.7. The van der Waals surface area contributed by atoms with Gasteiger partial charge in [0, 0.05) is 49.7 Å². The Morgan fingerprint density at radius 2 is 2.00 bits per heavy atom. The van der Waals surface area contributed by atoms with Crippen molar-refractivity contribution in [2.45, 2.75) is 25.9 Å². The molecule has 6 heteroatoms. The van der Waals surface area contributed by atoms with E-state index in [-0.39, 0.29) is 12.0 Å². The molecule has 1 atom stereocenters. The maximum atomic E-state index is 12.8. The van der Waals surface area contributed by atoms with Crippen LogP contribution in [0.1, 0.15) is 28.8 Å². The third-order valence-electron chi connectivity index (χ3n) is 5.85. The maximum Gasteiger partial charge on any atom is 0.255 e. The number of rotatable bonds is 6. The highest BCUT2D eigenvalue weighted by Crippen LogP contribution is 2.25. The minimum absolute atomic E-state index is 0.135. The van der Waals surface area contributed by atoms with Gasteiger partial charge in [-0.3, -0.25) is 4.79 Å². The number of carbonyl (C=O) groups is 1. The van der Waals surface area contributed by atoms with Gasteiger partial charge < -0.3 is 24.6 Å². The van der Waals surface area contributed by atoms with E-state index in [9.17, 15) is 4.79 Å². The van der Waals surface area contributed by atoms with E-state index in [1.165, 1.54) is 11.3 Å². The van der Waals surface area contributed by atoms with Gasteiger partial charge in [-0.25, -0.2) is 0 Å². The molecule has 4 rings (SSSR count). The van der Waals surface area contributed by atoms with Crippen molar-refractivity contribution in [2.24, 2.45) is 0 Å². The van der Waals surface area contributed by atoms with Crippen molar-refractivity contribution in [3.8, 4) is 5.75 Å². The van der Waals surface area contributed by atoms with Crippen LogP contribution in [0.25, 0.3) is 0 Å². The second-order valence-electron chi connectivity index (χ2n) is 8.22. The van der Waals surface area contributed by atoms with Crippen LogP contribution in [0.3, 0.4) is 0 Å². The highest BCUT2D eigenvalue weighted by Gasteiger charge is 2.18. The summed E-state index contributed by atoms with van der Waals surface area (Å²) in [4.78, 5) is 17.5. The van der Waals surface area contributed by atoms with Crippen molar-refractivity contribution in [1.82, 2.24) is 4.90 Å². The number of likely N-dealkylation sites (N-methyl/N-ethyl adjacent to an activating group) is 1. The largest absolute Gasteiger partial charge is 0.491 e. The lowest BCUT2D eigenvalue weighted by Crippen LogP contribution is -2.44. The number of carbonyl (C=O) groups excluding carboxylic acids is 1. The summed E-state index contributed by atoms with van der Waals surface area (Å²) in [6.07, 6.45) is 2.27. The van der Waals surface area contributed by atoms with Gasteiger partial charge in [-0.05, 0) is 68.8 Å². The van der Waals surface area contributed by atoms with E-state index in [1.807, 2.05) is 24.3 Å². The Hall–Kier alpha value is -2.57. The van der Waals surface area contributed by atoms with Gasteiger partial charge in [0.15, 0.2) is 0 Å². The van der Waals surface area contributed by atoms with Gasteiger partial charge in [0.1, 0.15) is 12.4 Å². The van der Waals surface area contributed by atoms with Crippen LogP contribution in [0.2, 0.25) is 0 Å². The Bertz CT molecular complexity index is 872. The van der Waals surface area contributed by atoms with E-state index in [0.29, 0.717) is 17.9 Å². The van der Waals surface area contributed by atoms with Crippen LogP contribution >= 0.6 is 0 Å². The lowest BCUT2D eigenvalue weighted by molar-refractivity contribution is 0.0679. The second kappa shape index (κ2) is 9.49. The fourth-order valence-electron chi connectivity index (χ4n) is 4.03. The first-order valence-corrected chi connectivity index (χ1v) is 10.8. The summed E-state index contributed by atoms with van der Waals surface area (Å²) in [6, 6.07) is 13.5. The van der Waals surface area contributed by atoms with Crippen molar-refractivity contribution in [2.75, 3.05) is 56.7 Å². The number of benzene rings is 2. The smallest absolute Gasteiger partial charge is 0.255 e. The molecule has 2 heterocycles. The lowest BCUT2D eigenvalue weighted by atomic mass is 10.1. The SMILES string of the molecule is Cc1cc(NC(=O)c2cccc(OC[C@H]3CCCO3)c2)ccc1N1CCN(C)CC1. The van der Waals surface area contributed by atoms with Gasteiger partial charge in [-0.2, -0.15) is 0 Å². The molecule has 0 aromatic heterocycles. The zero-order valence-corrected chi connectivity index (χ0v) is 17.9. The Balaban J connectivity index is 1.37. The molecule has 0 bridgehead atoms. The Labute approximate surface area is 178 Å². The van der Waals surface area contributed by atoms with Crippen LogP contribution in [-0.4, -0.2) is 63.4 Å². The highest BCUT2D eigenvalue weighted by atomic mass is 16.5. The number of ether oxygens (including phenoxy) is 2. The third-order valence-corrected chi connectivity index (χ3v) is 5.85. The molecule has 30 heavy (non-hydrogen) atoms. The number of anilines is 2. The minimum Gasteiger partial charge on any atom is -0.491 e. The molecule has 0 spiro atoms. The number of amides is 1. The molecule has 1 N–H and O–H groups in total. The number of hydrogen-bond donors (Lipinski definition) is 1. The predicted octanol–water partition coefficient (Wildman–Crippen LogP) is 3.56. The van der Waals surface area contributed by atoms with Crippen molar-refractivity contribution >= 4 is 17.3 Å². The molecule has 2 fully saturated rings. The molecule has 0 saturated carbocycles. The molecule has 1 amide bonds. The van der Waals surface area contributed by atoms with Crippen LogP contribution in [0.4, 0.5) is 11.4 Å². The van der Waals surface area contributed by atoms with Gasteiger partial charge in [0.2, 0.25) is 0 Å². The Morgan fingerprint density at radius 1 is 1.17 bits per heavy atom. The van der Waals surface area contributed by atoms with Crippen LogP contribution in [0.15, 0.2) is 42.5 Å². The van der Waals surface area contributed by atoms with Crippen molar-refractivity contribution < 1.29 is 14.3 Å². The van der Waals surface area contributed by atoms with Crippen LogP contribution < -0.4 is 15.0 Å². The third kappa shape index (κ3) is 5.12. The summed E-state index contributed by atoms with van der Waals surface area (Å²) in [5.41, 5.74) is 3.80. The molecule has 0 aliphatic carbocycles. The lowest BCUT2D eigenvalue weighted by Gasteiger charge is -2.35. The molecule has 0 unspecified atom stereocenters. The van der Waals surface area contributed by atoms with E-state index in [4.69, 9.17) is 9.47 Å². The number of piperazine rings is 1. The van der Waals surface area contributed by atoms with E-state index in [2.05, 4.69) is 35.2 Å². The van der Waals surface area contributed by atoms with E-state index in [0.717, 1.165) is 51.3 Å². The van der Waals surface area contributed by atoms with Gasteiger partial charge in [0.25, 0.3) is 5.91 Å². The molecule has 2 aliphatic rings. The van der Waals surface area contributed by atoms with Gasteiger partial charge in [-0.15, -0.1) is 0 Å². The number of nitrogens with zero attached hydrogens (tertiary/aromatic N) is 2. The zero-order valence-electron chi connectivity index (χ0n) is 17.9. The molecular weight excluding hydrogens is 378 g/mol. The van der Waals surface area contributed by atoms with E-state index < -0.39 is 0 Å². The number of aryl methyl sites for hydroxylation is 1. The molecule has 0 radical (unpaired) electrons. The van der Waals surface area contributed by atoms with Crippen molar-refractivity contribution in [1.29, 1.82) is 0 Å². The fourth-order valence-corrected chi connectivity index (χ4v) is 4.03. The molecule has 2 aliphatic heterocycles. The molecule has 6 nitrogen and oxygen atoms in total. The molecule has 2 saturated heterocycles. The minimum atomic E-state index is -0.135. The molecule has 2 aromatic rings. The summed E-state index contributed by atoms with van der Waals surface area (Å²) in [7, 11) is 2.16. The normalized spacial score (nSPS) is 19.7. The van der Waals surface area contributed by atoms with Crippen LogP contribution in [0, 0.1) is 6.92 Å². The first-order chi connectivity index (χ1) is 14.6. The van der Waals surface area contributed by atoms with Crippen LogP contribution in [-0.2, 0) is 4.74 Å².